The van der Waals surface area contributed by atoms with Crippen molar-refractivity contribution < 1.29 is 23.5 Å². The highest BCUT2D eigenvalue weighted by molar-refractivity contribution is 5.79. The van der Waals surface area contributed by atoms with E-state index in [0.717, 1.165) is 36.1 Å². The third kappa shape index (κ3) is 6.37. The Bertz CT molecular complexity index is 1050. The van der Waals surface area contributed by atoms with Crippen LogP contribution in [0.1, 0.15) is 51.2 Å². The Morgan fingerprint density at radius 1 is 1.00 bits per heavy atom. The minimum atomic E-state index is -0.548. The van der Waals surface area contributed by atoms with Crippen molar-refractivity contribution in [3.63, 3.8) is 0 Å². The number of carbonyl (C=O) groups is 2. The second-order valence-electron chi connectivity index (χ2n) is 11.0. The lowest BCUT2D eigenvalue weighted by atomic mass is 9.77. The molecule has 3 unspecified atom stereocenters. The van der Waals surface area contributed by atoms with Gasteiger partial charge >= 0.3 is 6.09 Å². The highest BCUT2D eigenvalue weighted by Crippen LogP contribution is 2.40. The van der Waals surface area contributed by atoms with E-state index >= 15 is 0 Å². The van der Waals surface area contributed by atoms with Gasteiger partial charge in [0.15, 0.2) is 0 Å². The molecule has 1 saturated carbocycles. The Kier molecular flexibility index (Phi) is 7.86. The van der Waals surface area contributed by atoms with Crippen molar-refractivity contribution in [2.24, 2.45) is 11.8 Å². The Hall–Kier alpha value is -3.09. The molecule has 0 aromatic heterocycles. The summed E-state index contributed by atoms with van der Waals surface area (Å²) in [6, 6.07) is 13.9. The summed E-state index contributed by atoms with van der Waals surface area (Å²) >= 11 is 0. The van der Waals surface area contributed by atoms with Crippen LogP contribution in [0.4, 0.5) is 9.18 Å². The van der Waals surface area contributed by atoms with Crippen molar-refractivity contribution in [3.8, 4) is 5.75 Å². The van der Waals surface area contributed by atoms with E-state index in [1.807, 2.05) is 54.8 Å². The van der Waals surface area contributed by atoms with E-state index in [4.69, 9.17) is 9.47 Å². The van der Waals surface area contributed by atoms with E-state index in [1.165, 1.54) is 12.1 Å². The van der Waals surface area contributed by atoms with Gasteiger partial charge in [-0.1, -0.05) is 30.7 Å². The Morgan fingerprint density at radius 2 is 1.67 bits per heavy atom. The van der Waals surface area contributed by atoms with Crippen LogP contribution < -0.4 is 4.74 Å². The van der Waals surface area contributed by atoms with Crippen molar-refractivity contribution in [1.82, 2.24) is 9.80 Å². The van der Waals surface area contributed by atoms with E-state index in [-0.39, 0.29) is 36.2 Å². The fourth-order valence-electron chi connectivity index (χ4n) is 5.50. The van der Waals surface area contributed by atoms with Gasteiger partial charge in [0.05, 0.1) is 13.5 Å². The lowest BCUT2D eigenvalue weighted by molar-refractivity contribution is -0.135. The van der Waals surface area contributed by atoms with Crippen LogP contribution >= 0.6 is 0 Å². The smallest absolute Gasteiger partial charge is 0.410 e. The third-order valence-corrected chi connectivity index (χ3v) is 7.21. The number of ether oxygens (including phenoxy) is 2. The highest BCUT2D eigenvalue weighted by atomic mass is 19.1. The first-order chi connectivity index (χ1) is 17.1. The van der Waals surface area contributed by atoms with Crippen LogP contribution in [-0.2, 0) is 22.5 Å². The lowest BCUT2D eigenvalue weighted by Crippen LogP contribution is -2.48. The summed E-state index contributed by atoms with van der Waals surface area (Å²) in [5.74, 6) is 1.01. The molecule has 3 atom stereocenters. The summed E-state index contributed by atoms with van der Waals surface area (Å²) < 4.78 is 24.4. The number of amides is 2. The number of hydrogen-bond acceptors (Lipinski definition) is 4. The second-order valence-corrected chi connectivity index (χ2v) is 11.0. The molecule has 0 radical (unpaired) electrons. The van der Waals surface area contributed by atoms with Crippen molar-refractivity contribution in [3.05, 3.63) is 65.5 Å². The maximum absolute atomic E-state index is 13.7. The average molecular weight is 497 g/mol. The Labute approximate surface area is 213 Å². The topological polar surface area (TPSA) is 59.1 Å². The fraction of sp³-hybridized carbons (Fsp3) is 0.517. The van der Waals surface area contributed by atoms with E-state index < -0.39 is 5.60 Å². The van der Waals surface area contributed by atoms with Crippen molar-refractivity contribution in [2.75, 3.05) is 20.2 Å². The molecule has 2 aliphatic rings. The summed E-state index contributed by atoms with van der Waals surface area (Å²) in [7, 11) is 1.62. The predicted octanol–water partition coefficient (Wildman–Crippen LogP) is 5.44. The predicted molar refractivity (Wildman–Crippen MR) is 136 cm³/mol. The number of halogens is 1. The molecule has 1 saturated heterocycles. The van der Waals surface area contributed by atoms with E-state index in [0.29, 0.717) is 25.6 Å². The molecule has 4 rings (SSSR count). The molecule has 36 heavy (non-hydrogen) atoms. The van der Waals surface area contributed by atoms with Gasteiger partial charge in [0.25, 0.3) is 0 Å². The largest absolute Gasteiger partial charge is 0.497 e. The summed E-state index contributed by atoms with van der Waals surface area (Å²) in [6.07, 6.45) is 2.92. The van der Waals surface area contributed by atoms with Gasteiger partial charge in [-0.3, -0.25) is 4.79 Å². The molecule has 7 heteroatoms. The molecule has 2 aromatic rings. The molecular formula is C29H37FN2O4. The molecule has 1 aliphatic heterocycles. The van der Waals surface area contributed by atoms with E-state index in [9.17, 15) is 14.0 Å². The molecule has 0 N–H and O–H groups in total. The molecule has 6 nitrogen and oxygen atoms in total. The van der Waals surface area contributed by atoms with Gasteiger partial charge in [0.1, 0.15) is 17.2 Å². The third-order valence-electron chi connectivity index (χ3n) is 7.21. The molecule has 0 spiro atoms. The standard InChI is InChI=1S/C29H37FN2O4/c1-29(2,3)36-28(34)31-18-22-6-5-7-26(25(22)19-31)32(17-21-8-12-23(30)13-9-21)27(33)16-20-10-14-24(35-4)15-11-20/h8-15,22,25-26H,5-7,16-19H2,1-4H3. The number of hydrogen-bond donors (Lipinski definition) is 0. The van der Waals surface area contributed by atoms with Crippen LogP contribution in [0.15, 0.2) is 48.5 Å². The van der Waals surface area contributed by atoms with Gasteiger partial charge < -0.3 is 19.3 Å². The molecule has 2 aromatic carbocycles. The van der Waals surface area contributed by atoms with E-state index in [2.05, 4.69) is 0 Å². The minimum Gasteiger partial charge on any atom is -0.497 e. The lowest BCUT2D eigenvalue weighted by Gasteiger charge is -2.41. The summed E-state index contributed by atoms with van der Waals surface area (Å²) in [5, 5.41) is 0. The molecule has 2 fully saturated rings. The zero-order valence-corrected chi connectivity index (χ0v) is 21.7. The summed E-state index contributed by atoms with van der Waals surface area (Å²) in [4.78, 5) is 30.3. The van der Waals surface area contributed by atoms with Crippen molar-refractivity contribution in [1.29, 1.82) is 0 Å². The zero-order valence-electron chi connectivity index (χ0n) is 21.7. The van der Waals surface area contributed by atoms with Gasteiger partial charge in [-0.2, -0.15) is 0 Å². The van der Waals surface area contributed by atoms with Crippen LogP contribution in [0.25, 0.3) is 0 Å². The van der Waals surface area contributed by atoms with Gasteiger partial charge in [0, 0.05) is 31.6 Å². The van der Waals surface area contributed by atoms with Crippen LogP contribution in [-0.4, -0.2) is 53.6 Å². The fourth-order valence-corrected chi connectivity index (χ4v) is 5.50. The first kappa shape index (κ1) is 26.0. The minimum absolute atomic E-state index is 0.00647. The average Bonchev–Trinajstić information content (AvgIpc) is 3.28. The van der Waals surface area contributed by atoms with E-state index in [1.54, 1.807) is 19.2 Å². The summed E-state index contributed by atoms with van der Waals surface area (Å²) in [6.45, 7) is 7.28. The molecule has 0 bridgehead atoms. The zero-order chi connectivity index (χ0) is 25.9. The number of nitrogens with zero attached hydrogens (tertiary/aromatic N) is 2. The molecule has 1 aliphatic carbocycles. The van der Waals surface area contributed by atoms with Crippen LogP contribution in [0, 0.1) is 17.7 Å². The molecular weight excluding hydrogens is 459 g/mol. The number of benzene rings is 2. The Morgan fingerprint density at radius 3 is 2.31 bits per heavy atom. The van der Waals surface area contributed by atoms with Crippen LogP contribution in [0.5, 0.6) is 5.75 Å². The summed E-state index contributed by atoms with van der Waals surface area (Å²) in [5.41, 5.74) is 1.26. The maximum atomic E-state index is 13.7. The van der Waals surface area contributed by atoms with Crippen molar-refractivity contribution in [2.45, 2.75) is 64.6 Å². The number of rotatable bonds is 6. The first-order valence-electron chi connectivity index (χ1n) is 12.8. The second kappa shape index (κ2) is 10.9. The first-order valence-corrected chi connectivity index (χ1v) is 12.8. The SMILES string of the molecule is COc1ccc(CC(=O)N(Cc2ccc(F)cc2)C2CCCC3CN(C(=O)OC(C)(C)C)CC32)cc1. The monoisotopic (exact) mass is 496 g/mol. The van der Waals surface area contributed by atoms with Gasteiger partial charge in [-0.15, -0.1) is 0 Å². The number of fused-ring (bicyclic) bond motifs is 1. The van der Waals surface area contributed by atoms with Crippen LogP contribution in [0.2, 0.25) is 0 Å². The molecule has 194 valence electrons. The van der Waals surface area contributed by atoms with Gasteiger partial charge in [0.2, 0.25) is 5.91 Å². The number of methoxy groups -OCH3 is 1. The molecule has 2 amide bonds. The number of carbonyl (C=O) groups excluding carboxylic acids is 2. The molecule has 1 heterocycles. The maximum Gasteiger partial charge on any atom is 0.410 e. The highest BCUT2D eigenvalue weighted by Gasteiger charge is 2.45. The number of likely N-dealkylation sites (tertiary alicyclic amines) is 1. The van der Waals surface area contributed by atoms with Gasteiger partial charge in [-0.05, 0) is 74.9 Å². The van der Waals surface area contributed by atoms with Crippen molar-refractivity contribution >= 4 is 12.0 Å². The van der Waals surface area contributed by atoms with Crippen LogP contribution in [0.3, 0.4) is 0 Å². The normalized spacial score (nSPS) is 21.6. The van der Waals surface area contributed by atoms with Gasteiger partial charge in [-0.25, -0.2) is 9.18 Å². The quantitative estimate of drug-likeness (QED) is 0.534. The Balaban J connectivity index is 1.56.